The summed E-state index contributed by atoms with van der Waals surface area (Å²) in [5.41, 5.74) is 4.63. The highest BCUT2D eigenvalue weighted by Crippen LogP contribution is 2.23. The number of halogens is 1. The Morgan fingerprint density at radius 3 is 2.56 bits per heavy atom. The minimum absolute atomic E-state index is 0.0137. The predicted molar refractivity (Wildman–Crippen MR) is 108 cm³/mol. The van der Waals surface area contributed by atoms with Crippen LogP contribution >= 0.6 is 11.6 Å². The summed E-state index contributed by atoms with van der Waals surface area (Å²) in [6.07, 6.45) is 0. The van der Waals surface area contributed by atoms with Crippen molar-refractivity contribution in [2.45, 2.75) is 6.92 Å². The second-order valence-electron chi connectivity index (χ2n) is 6.74. The van der Waals surface area contributed by atoms with Crippen LogP contribution < -0.4 is 4.90 Å². The van der Waals surface area contributed by atoms with Gasteiger partial charge in [-0.3, -0.25) is 9.89 Å². The smallest absolute Gasteiger partial charge is 0.272 e. The number of rotatable bonds is 3. The summed E-state index contributed by atoms with van der Waals surface area (Å²) in [5, 5.41) is 7.80. The van der Waals surface area contributed by atoms with Crippen molar-refractivity contribution < 1.29 is 4.79 Å². The Morgan fingerprint density at radius 2 is 1.81 bits per heavy atom. The lowest BCUT2D eigenvalue weighted by Crippen LogP contribution is -2.49. The van der Waals surface area contributed by atoms with Crippen LogP contribution in [0.25, 0.3) is 11.3 Å². The van der Waals surface area contributed by atoms with Gasteiger partial charge < -0.3 is 9.80 Å². The Hall–Kier alpha value is -2.79. The average molecular weight is 381 g/mol. The summed E-state index contributed by atoms with van der Waals surface area (Å²) in [5.74, 6) is -0.0137. The van der Waals surface area contributed by atoms with E-state index in [1.165, 1.54) is 11.3 Å². The molecule has 0 saturated carbocycles. The third-order valence-corrected chi connectivity index (χ3v) is 5.19. The van der Waals surface area contributed by atoms with Crippen molar-refractivity contribution in [3.05, 3.63) is 70.9 Å². The molecular weight excluding hydrogens is 360 g/mol. The molecule has 3 aromatic rings. The largest absolute Gasteiger partial charge is 0.368 e. The molecule has 0 bridgehead atoms. The molecule has 1 fully saturated rings. The maximum Gasteiger partial charge on any atom is 0.272 e. The lowest BCUT2D eigenvalue weighted by molar-refractivity contribution is 0.0741. The number of benzene rings is 2. The van der Waals surface area contributed by atoms with Crippen molar-refractivity contribution in [2.75, 3.05) is 31.1 Å². The number of hydrogen-bond donors (Lipinski definition) is 1. The fourth-order valence-electron chi connectivity index (χ4n) is 3.47. The van der Waals surface area contributed by atoms with E-state index in [0.29, 0.717) is 23.8 Å². The number of para-hydroxylation sites is 1. The Balaban J connectivity index is 1.43. The molecule has 2 heterocycles. The van der Waals surface area contributed by atoms with E-state index in [4.69, 9.17) is 11.6 Å². The van der Waals surface area contributed by atoms with Gasteiger partial charge in [0.25, 0.3) is 5.91 Å². The van der Waals surface area contributed by atoms with Crippen molar-refractivity contribution in [3.8, 4) is 11.3 Å². The molecule has 1 N–H and O–H groups in total. The SMILES string of the molecule is Cc1ccccc1N1CCN(C(=O)c2cc(-c3cccc(Cl)c3)n[nH]2)CC1. The van der Waals surface area contributed by atoms with Crippen molar-refractivity contribution in [1.29, 1.82) is 0 Å². The number of piperazine rings is 1. The van der Waals surface area contributed by atoms with Crippen molar-refractivity contribution in [2.24, 2.45) is 0 Å². The molecular formula is C21H21ClN4O. The zero-order valence-corrected chi connectivity index (χ0v) is 15.9. The van der Waals surface area contributed by atoms with Crippen LogP contribution in [0.2, 0.25) is 5.02 Å². The van der Waals surface area contributed by atoms with Gasteiger partial charge in [0, 0.05) is 42.5 Å². The van der Waals surface area contributed by atoms with Crippen LogP contribution in [-0.2, 0) is 0 Å². The quantitative estimate of drug-likeness (QED) is 0.747. The molecule has 0 aliphatic carbocycles. The zero-order chi connectivity index (χ0) is 18.8. The van der Waals surface area contributed by atoms with E-state index in [9.17, 15) is 4.79 Å². The minimum atomic E-state index is -0.0137. The summed E-state index contributed by atoms with van der Waals surface area (Å²) >= 11 is 6.04. The molecule has 1 aliphatic heterocycles. The molecule has 0 unspecified atom stereocenters. The fraction of sp³-hybridized carbons (Fsp3) is 0.238. The molecule has 5 nitrogen and oxygen atoms in total. The molecule has 4 rings (SSSR count). The number of anilines is 1. The van der Waals surface area contributed by atoms with Gasteiger partial charge in [0.2, 0.25) is 0 Å². The Kier molecular flexibility index (Phi) is 4.86. The van der Waals surface area contributed by atoms with Crippen LogP contribution in [-0.4, -0.2) is 47.2 Å². The molecule has 0 radical (unpaired) electrons. The number of carbonyl (C=O) groups is 1. The summed E-state index contributed by atoms with van der Waals surface area (Å²) < 4.78 is 0. The van der Waals surface area contributed by atoms with Gasteiger partial charge in [0.15, 0.2) is 0 Å². The number of nitrogens with one attached hydrogen (secondary N) is 1. The minimum Gasteiger partial charge on any atom is -0.368 e. The predicted octanol–water partition coefficient (Wildman–Crippen LogP) is 4.00. The van der Waals surface area contributed by atoms with E-state index >= 15 is 0 Å². The number of hydrogen-bond acceptors (Lipinski definition) is 3. The van der Waals surface area contributed by atoms with Crippen LogP contribution in [0.3, 0.4) is 0 Å². The zero-order valence-electron chi connectivity index (χ0n) is 15.2. The first kappa shape index (κ1) is 17.6. The van der Waals surface area contributed by atoms with Crippen LogP contribution in [0, 0.1) is 6.92 Å². The Morgan fingerprint density at radius 1 is 1.04 bits per heavy atom. The molecule has 1 aromatic heterocycles. The first-order chi connectivity index (χ1) is 13.1. The lowest BCUT2D eigenvalue weighted by atomic mass is 10.1. The third kappa shape index (κ3) is 3.69. The molecule has 1 saturated heterocycles. The Labute approximate surface area is 163 Å². The second-order valence-corrected chi connectivity index (χ2v) is 7.18. The maximum absolute atomic E-state index is 12.8. The first-order valence-corrected chi connectivity index (χ1v) is 9.41. The Bertz CT molecular complexity index is 960. The van der Waals surface area contributed by atoms with E-state index in [2.05, 4.69) is 40.2 Å². The molecule has 6 heteroatoms. The van der Waals surface area contributed by atoms with E-state index in [-0.39, 0.29) is 5.91 Å². The van der Waals surface area contributed by atoms with Gasteiger partial charge in [-0.25, -0.2) is 0 Å². The van der Waals surface area contributed by atoms with Crippen molar-refractivity contribution >= 4 is 23.2 Å². The van der Waals surface area contributed by atoms with E-state index in [1.54, 1.807) is 6.07 Å². The summed E-state index contributed by atoms with van der Waals surface area (Å²) in [4.78, 5) is 17.0. The number of aromatic nitrogens is 2. The van der Waals surface area contributed by atoms with Gasteiger partial charge in [0.1, 0.15) is 5.69 Å². The second kappa shape index (κ2) is 7.45. The number of H-pyrrole nitrogens is 1. The third-order valence-electron chi connectivity index (χ3n) is 4.95. The standard InChI is InChI=1S/C21H21ClN4O/c1-15-5-2-3-8-20(15)25-9-11-26(12-10-25)21(27)19-14-18(23-24-19)16-6-4-7-17(22)13-16/h2-8,13-14H,9-12H2,1H3,(H,23,24). The average Bonchev–Trinajstić information content (AvgIpc) is 3.18. The van der Waals surface area contributed by atoms with Gasteiger partial charge in [-0.15, -0.1) is 0 Å². The van der Waals surface area contributed by atoms with Gasteiger partial charge in [-0.1, -0.05) is 41.9 Å². The number of aryl methyl sites for hydroxylation is 1. The van der Waals surface area contributed by atoms with Crippen LogP contribution in [0.5, 0.6) is 0 Å². The highest BCUT2D eigenvalue weighted by molar-refractivity contribution is 6.30. The summed E-state index contributed by atoms with van der Waals surface area (Å²) in [6, 6.07) is 17.6. The monoisotopic (exact) mass is 380 g/mol. The van der Waals surface area contributed by atoms with Crippen LogP contribution in [0.1, 0.15) is 16.1 Å². The highest BCUT2D eigenvalue weighted by Gasteiger charge is 2.24. The molecule has 27 heavy (non-hydrogen) atoms. The number of aromatic amines is 1. The van der Waals surface area contributed by atoms with Gasteiger partial charge >= 0.3 is 0 Å². The van der Waals surface area contributed by atoms with Gasteiger partial charge in [0.05, 0.1) is 5.69 Å². The fourth-order valence-corrected chi connectivity index (χ4v) is 3.66. The number of carbonyl (C=O) groups excluding carboxylic acids is 1. The molecule has 0 spiro atoms. The molecule has 2 aromatic carbocycles. The normalized spacial score (nSPS) is 14.4. The van der Waals surface area contributed by atoms with E-state index in [1.807, 2.05) is 35.2 Å². The van der Waals surface area contributed by atoms with E-state index < -0.39 is 0 Å². The summed E-state index contributed by atoms with van der Waals surface area (Å²) in [7, 11) is 0. The maximum atomic E-state index is 12.8. The van der Waals surface area contributed by atoms with Gasteiger partial charge in [-0.2, -0.15) is 5.10 Å². The van der Waals surface area contributed by atoms with E-state index in [0.717, 1.165) is 24.3 Å². The molecule has 138 valence electrons. The molecule has 1 amide bonds. The highest BCUT2D eigenvalue weighted by atomic mass is 35.5. The summed E-state index contributed by atoms with van der Waals surface area (Å²) in [6.45, 7) is 5.16. The molecule has 0 atom stereocenters. The lowest BCUT2D eigenvalue weighted by Gasteiger charge is -2.36. The van der Waals surface area contributed by atoms with Crippen molar-refractivity contribution in [1.82, 2.24) is 15.1 Å². The van der Waals surface area contributed by atoms with Gasteiger partial charge in [-0.05, 0) is 36.8 Å². The number of amides is 1. The first-order valence-electron chi connectivity index (χ1n) is 9.03. The topological polar surface area (TPSA) is 52.2 Å². The van der Waals surface area contributed by atoms with Crippen molar-refractivity contribution in [3.63, 3.8) is 0 Å². The van der Waals surface area contributed by atoms with Crippen LogP contribution in [0.4, 0.5) is 5.69 Å². The number of nitrogens with zero attached hydrogens (tertiary/aromatic N) is 3. The molecule has 1 aliphatic rings. The van der Waals surface area contributed by atoms with Crippen LogP contribution in [0.15, 0.2) is 54.6 Å².